The summed E-state index contributed by atoms with van der Waals surface area (Å²) in [6.07, 6.45) is 2.34. The molecule has 0 unspecified atom stereocenters. The van der Waals surface area contributed by atoms with Crippen LogP contribution in [0.4, 0.5) is 0 Å². The number of nitrogens with one attached hydrogen (secondary N) is 1. The first kappa shape index (κ1) is 10.8. The van der Waals surface area contributed by atoms with Gasteiger partial charge in [-0.25, -0.2) is 0 Å². The first-order valence-electron chi connectivity index (χ1n) is 4.88. The molecule has 0 spiro atoms. The van der Waals surface area contributed by atoms with Gasteiger partial charge in [0, 0.05) is 0 Å². The molecule has 82 valence electrons. The number of amides is 1. The van der Waals surface area contributed by atoms with Crippen molar-refractivity contribution in [3.63, 3.8) is 0 Å². The van der Waals surface area contributed by atoms with E-state index in [0.29, 0.717) is 12.8 Å². The van der Waals surface area contributed by atoms with Gasteiger partial charge in [0.05, 0.1) is 6.07 Å². The molecule has 1 amide bonds. The highest BCUT2D eigenvalue weighted by Gasteiger charge is 2.39. The number of rotatable bonds is 2. The second-order valence-electron chi connectivity index (χ2n) is 3.74. The Labute approximate surface area is 97.4 Å². The molecule has 1 aliphatic carbocycles. The molecular formula is C10H9ClN4O. The molecule has 5 nitrogen and oxygen atoms in total. The van der Waals surface area contributed by atoms with Gasteiger partial charge in [0.25, 0.3) is 5.91 Å². The Bertz CT molecular complexity index is 447. The van der Waals surface area contributed by atoms with Crippen molar-refractivity contribution in [1.82, 2.24) is 15.5 Å². The summed E-state index contributed by atoms with van der Waals surface area (Å²) < 4.78 is 0. The Kier molecular flexibility index (Phi) is 2.75. The fourth-order valence-corrected chi connectivity index (χ4v) is 1.61. The Morgan fingerprint density at radius 1 is 1.50 bits per heavy atom. The van der Waals surface area contributed by atoms with Crippen molar-refractivity contribution in [3.8, 4) is 6.07 Å². The third-order valence-corrected chi connectivity index (χ3v) is 2.84. The van der Waals surface area contributed by atoms with Crippen molar-refractivity contribution in [1.29, 1.82) is 5.26 Å². The van der Waals surface area contributed by atoms with E-state index in [0.717, 1.165) is 6.42 Å². The molecule has 0 atom stereocenters. The molecule has 1 aromatic rings. The van der Waals surface area contributed by atoms with Crippen LogP contribution in [0.3, 0.4) is 0 Å². The molecule has 6 heteroatoms. The lowest BCUT2D eigenvalue weighted by Crippen LogP contribution is -2.52. The van der Waals surface area contributed by atoms with Crippen molar-refractivity contribution >= 4 is 17.5 Å². The summed E-state index contributed by atoms with van der Waals surface area (Å²) in [4.78, 5) is 11.7. The summed E-state index contributed by atoms with van der Waals surface area (Å²) >= 11 is 5.56. The molecule has 0 saturated heterocycles. The highest BCUT2D eigenvalue weighted by molar-refractivity contribution is 6.29. The second kappa shape index (κ2) is 4.06. The number of hydrogen-bond donors (Lipinski definition) is 1. The Morgan fingerprint density at radius 2 is 2.25 bits per heavy atom. The van der Waals surface area contributed by atoms with E-state index in [-0.39, 0.29) is 16.8 Å². The van der Waals surface area contributed by atoms with Crippen molar-refractivity contribution in [3.05, 3.63) is 23.0 Å². The minimum Gasteiger partial charge on any atom is -0.332 e. The van der Waals surface area contributed by atoms with Crippen molar-refractivity contribution < 1.29 is 4.79 Å². The van der Waals surface area contributed by atoms with Crippen LogP contribution in [-0.2, 0) is 0 Å². The molecule has 0 aliphatic heterocycles. The molecule has 0 bridgehead atoms. The summed E-state index contributed by atoms with van der Waals surface area (Å²) in [7, 11) is 0. The maximum Gasteiger partial charge on any atom is 0.273 e. The zero-order valence-electron chi connectivity index (χ0n) is 8.40. The number of hydrogen-bond acceptors (Lipinski definition) is 4. The summed E-state index contributed by atoms with van der Waals surface area (Å²) in [5, 5.41) is 19.1. The number of carbonyl (C=O) groups excluding carboxylic acids is 1. The van der Waals surface area contributed by atoms with E-state index in [2.05, 4.69) is 21.6 Å². The maximum absolute atomic E-state index is 11.7. The summed E-state index contributed by atoms with van der Waals surface area (Å²) in [5.41, 5.74) is -0.538. The van der Waals surface area contributed by atoms with E-state index in [1.165, 1.54) is 12.1 Å². The van der Waals surface area contributed by atoms with E-state index in [1.54, 1.807) is 0 Å². The molecule has 2 rings (SSSR count). The number of carbonyl (C=O) groups is 1. The molecule has 1 heterocycles. The summed E-state index contributed by atoms with van der Waals surface area (Å²) in [6, 6.07) is 5.09. The maximum atomic E-state index is 11.7. The Balaban J connectivity index is 2.09. The van der Waals surface area contributed by atoms with Crippen LogP contribution in [0.2, 0.25) is 5.15 Å². The van der Waals surface area contributed by atoms with Gasteiger partial charge in [-0.05, 0) is 31.4 Å². The fraction of sp³-hybridized carbons (Fsp3) is 0.400. The molecular weight excluding hydrogens is 228 g/mol. The fourth-order valence-electron chi connectivity index (χ4n) is 1.51. The van der Waals surface area contributed by atoms with Crippen LogP contribution in [-0.4, -0.2) is 21.6 Å². The van der Waals surface area contributed by atoms with E-state index in [4.69, 9.17) is 16.9 Å². The second-order valence-corrected chi connectivity index (χ2v) is 4.13. The van der Waals surface area contributed by atoms with E-state index >= 15 is 0 Å². The monoisotopic (exact) mass is 236 g/mol. The predicted octanol–water partition coefficient (Wildman–Crippen LogP) is 1.31. The Hall–Kier alpha value is -1.67. The van der Waals surface area contributed by atoms with Gasteiger partial charge in [-0.2, -0.15) is 5.26 Å². The number of aromatic nitrogens is 2. The normalized spacial score (nSPS) is 17.0. The van der Waals surface area contributed by atoms with Gasteiger partial charge in [-0.1, -0.05) is 11.6 Å². The molecule has 1 aromatic heterocycles. The van der Waals surface area contributed by atoms with Crippen LogP contribution in [0.5, 0.6) is 0 Å². The average Bonchev–Trinajstić information content (AvgIpc) is 2.24. The van der Waals surface area contributed by atoms with Gasteiger partial charge in [0.15, 0.2) is 10.8 Å². The molecule has 0 radical (unpaired) electrons. The smallest absolute Gasteiger partial charge is 0.273 e. The van der Waals surface area contributed by atoms with Crippen LogP contribution in [0.25, 0.3) is 0 Å². The quantitative estimate of drug-likeness (QED) is 0.840. The molecule has 0 aromatic carbocycles. The summed E-state index contributed by atoms with van der Waals surface area (Å²) in [5.74, 6) is -0.384. The van der Waals surface area contributed by atoms with Gasteiger partial charge >= 0.3 is 0 Å². The van der Waals surface area contributed by atoms with Gasteiger partial charge in [0.2, 0.25) is 0 Å². The highest BCUT2D eigenvalue weighted by atomic mass is 35.5. The predicted molar refractivity (Wildman–Crippen MR) is 56.7 cm³/mol. The summed E-state index contributed by atoms with van der Waals surface area (Å²) in [6.45, 7) is 0. The largest absolute Gasteiger partial charge is 0.332 e. The number of halogens is 1. The van der Waals surface area contributed by atoms with Gasteiger partial charge < -0.3 is 5.32 Å². The van der Waals surface area contributed by atoms with Gasteiger partial charge in [-0.3, -0.25) is 4.79 Å². The molecule has 1 N–H and O–H groups in total. The van der Waals surface area contributed by atoms with Crippen LogP contribution in [0.1, 0.15) is 29.8 Å². The number of nitriles is 1. The average molecular weight is 237 g/mol. The van der Waals surface area contributed by atoms with E-state index in [1.807, 2.05) is 0 Å². The zero-order valence-corrected chi connectivity index (χ0v) is 9.16. The van der Waals surface area contributed by atoms with Crippen LogP contribution in [0.15, 0.2) is 12.1 Å². The topological polar surface area (TPSA) is 78.7 Å². The molecule has 1 aliphatic rings. The lowest BCUT2D eigenvalue weighted by Gasteiger charge is -2.35. The third kappa shape index (κ3) is 1.97. The van der Waals surface area contributed by atoms with Crippen LogP contribution < -0.4 is 5.32 Å². The van der Waals surface area contributed by atoms with E-state index in [9.17, 15) is 4.79 Å². The lowest BCUT2D eigenvalue weighted by atomic mass is 9.78. The van der Waals surface area contributed by atoms with Crippen molar-refractivity contribution in [2.24, 2.45) is 0 Å². The minimum atomic E-state index is -0.710. The zero-order chi connectivity index (χ0) is 11.6. The van der Waals surface area contributed by atoms with Crippen LogP contribution in [0, 0.1) is 11.3 Å². The number of nitrogens with zero attached hydrogens (tertiary/aromatic N) is 3. The lowest BCUT2D eigenvalue weighted by molar-refractivity contribution is 0.0875. The Morgan fingerprint density at radius 3 is 2.69 bits per heavy atom. The first-order chi connectivity index (χ1) is 7.65. The highest BCUT2D eigenvalue weighted by Crippen LogP contribution is 2.31. The SMILES string of the molecule is N#CC1(NC(=O)c2ccc(Cl)nn2)CCC1. The minimum absolute atomic E-state index is 0.172. The van der Waals surface area contributed by atoms with Crippen LogP contribution >= 0.6 is 11.6 Å². The van der Waals surface area contributed by atoms with Crippen molar-refractivity contribution in [2.45, 2.75) is 24.8 Å². The molecule has 1 saturated carbocycles. The van der Waals surface area contributed by atoms with Crippen molar-refractivity contribution in [2.75, 3.05) is 0 Å². The van der Waals surface area contributed by atoms with Gasteiger partial charge in [0.1, 0.15) is 5.54 Å². The first-order valence-corrected chi connectivity index (χ1v) is 5.26. The standard InChI is InChI=1S/C10H9ClN4O/c11-8-3-2-7(14-15-8)9(16)13-10(6-12)4-1-5-10/h2-3H,1,4-5H2,(H,13,16). The van der Waals surface area contributed by atoms with Gasteiger partial charge in [-0.15, -0.1) is 10.2 Å². The third-order valence-electron chi connectivity index (χ3n) is 2.64. The molecule has 16 heavy (non-hydrogen) atoms. The molecule has 1 fully saturated rings. The van der Waals surface area contributed by atoms with E-state index < -0.39 is 5.54 Å².